The van der Waals surface area contributed by atoms with Crippen LogP contribution in [0, 0.1) is 0 Å². The SMILES string of the molecule is CCCn1ccc(C(=O)N2CCCC[C@@H]2c2cc(=O)n3[nH]ccc3n2)n1. The van der Waals surface area contributed by atoms with Gasteiger partial charge < -0.3 is 4.90 Å². The summed E-state index contributed by atoms with van der Waals surface area (Å²) in [6.45, 7) is 3.52. The molecule has 0 unspecified atom stereocenters. The quantitative estimate of drug-likeness (QED) is 0.776. The fourth-order valence-electron chi connectivity index (χ4n) is 3.58. The zero-order chi connectivity index (χ0) is 18.1. The number of H-pyrrole nitrogens is 1. The van der Waals surface area contributed by atoms with Crippen LogP contribution in [-0.2, 0) is 6.54 Å². The first-order valence-electron chi connectivity index (χ1n) is 9.09. The second-order valence-electron chi connectivity index (χ2n) is 6.65. The molecule has 26 heavy (non-hydrogen) atoms. The van der Waals surface area contributed by atoms with E-state index in [1.54, 1.807) is 23.0 Å². The Kier molecular flexibility index (Phi) is 4.32. The van der Waals surface area contributed by atoms with Gasteiger partial charge in [-0.3, -0.25) is 19.4 Å². The molecule has 3 aromatic rings. The van der Waals surface area contributed by atoms with E-state index in [0.717, 1.165) is 32.2 Å². The Morgan fingerprint density at radius 1 is 1.35 bits per heavy atom. The molecule has 8 nitrogen and oxygen atoms in total. The van der Waals surface area contributed by atoms with Crippen molar-refractivity contribution < 1.29 is 4.79 Å². The van der Waals surface area contributed by atoms with Gasteiger partial charge in [-0.2, -0.15) is 5.10 Å². The molecule has 3 aromatic heterocycles. The molecular formula is C18H22N6O2. The topological polar surface area (TPSA) is 88.3 Å². The van der Waals surface area contributed by atoms with E-state index in [2.05, 4.69) is 22.1 Å². The van der Waals surface area contributed by atoms with E-state index in [0.29, 0.717) is 23.6 Å². The summed E-state index contributed by atoms with van der Waals surface area (Å²) in [5, 5.41) is 7.24. The van der Waals surface area contributed by atoms with Crippen LogP contribution in [0.2, 0.25) is 0 Å². The predicted octanol–water partition coefficient (Wildman–Crippen LogP) is 2.00. The van der Waals surface area contributed by atoms with Crippen LogP contribution >= 0.6 is 0 Å². The van der Waals surface area contributed by atoms with Gasteiger partial charge in [-0.1, -0.05) is 6.92 Å². The number of carbonyl (C=O) groups excluding carboxylic acids is 1. The van der Waals surface area contributed by atoms with Crippen molar-refractivity contribution in [2.24, 2.45) is 0 Å². The van der Waals surface area contributed by atoms with Gasteiger partial charge in [0.2, 0.25) is 0 Å². The molecule has 1 fully saturated rings. The van der Waals surface area contributed by atoms with Gasteiger partial charge in [-0.05, 0) is 31.7 Å². The molecule has 4 heterocycles. The second-order valence-corrected chi connectivity index (χ2v) is 6.65. The van der Waals surface area contributed by atoms with E-state index >= 15 is 0 Å². The summed E-state index contributed by atoms with van der Waals surface area (Å²) >= 11 is 0. The van der Waals surface area contributed by atoms with Crippen LogP contribution < -0.4 is 5.56 Å². The Labute approximate surface area is 150 Å². The van der Waals surface area contributed by atoms with Crippen LogP contribution in [0.5, 0.6) is 0 Å². The molecule has 136 valence electrons. The van der Waals surface area contributed by atoms with Gasteiger partial charge in [0.15, 0.2) is 5.65 Å². The lowest BCUT2D eigenvalue weighted by atomic mass is 9.98. The van der Waals surface area contributed by atoms with Crippen LogP contribution in [0.25, 0.3) is 5.65 Å². The molecule has 0 aromatic carbocycles. The van der Waals surface area contributed by atoms with Crippen molar-refractivity contribution in [3.05, 3.63) is 52.3 Å². The van der Waals surface area contributed by atoms with Gasteiger partial charge >= 0.3 is 0 Å². The van der Waals surface area contributed by atoms with Crippen LogP contribution in [0.3, 0.4) is 0 Å². The fraction of sp³-hybridized carbons (Fsp3) is 0.444. The Morgan fingerprint density at radius 2 is 2.23 bits per heavy atom. The molecule has 0 bridgehead atoms. The van der Waals surface area contributed by atoms with Gasteiger partial charge in [0.05, 0.1) is 11.7 Å². The lowest BCUT2D eigenvalue weighted by molar-refractivity contribution is 0.0599. The van der Waals surface area contributed by atoms with Crippen molar-refractivity contribution in [1.82, 2.24) is 29.3 Å². The monoisotopic (exact) mass is 354 g/mol. The lowest BCUT2D eigenvalue weighted by Crippen LogP contribution is -2.39. The number of hydrogen-bond acceptors (Lipinski definition) is 4. The molecule has 1 amide bonds. The van der Waals surface area contributed by atoms with E-state index in [-0.39, 0.29) is 17.5 Å². The van der Waals surface area contributed by atoms with E-state index in [1.807, 2.05) is 11.1 Å². The van der Waals surface area contributed by atoms with Gasteiger partial charge in [-0.25, -0.2) is 9.50 Å². The highest BCUT2D eigenvalue weighted by Crippen LogP contribution is 2.30. The van der Waals surface area contributed by atoms with Crippen molar-refractivity contribution >= 4 is 11.6 Å². The number of piperidine rings is 1. The highest BCUT2D eigenvalue weighted by molar-refractivity contribution is 5.92. The van der Waals surface area contributed by atoms with E-state index in [9.17, 15) is 9.59 Å². The average Bonchev–Trinajstić information content (AvgIpc) is 3.31. The largest absolute Gasteiger partial charge is 0.329 e. The van der Waals surface area contributed by atoms with Crippen LogP contribution in [-0.4, -0.2) is 41.7 Å². The highest BCUT2D eigenvalue weighted by Gasteiger charge is 2.31. The molecular weight excluding hydrogens is 332 g/mol. The predicted molar refractivity (Wildman–Crippen MR) is 96.0 cm³/mol. The molecule has 1 aliphatic rings. The number of amides is 1. The number of nitrogens with zero attached hydrogens (tertiary/aromatic N) is 5. The first kappa shape index (κ1) is 16.6. The smallest absolute Gasteiger partial charge is 0.274 e. The number of likely N-dealkylation sites (tertiary alicyclic amines) is 1. The number of aromatic nitrogens is 5. The second kappa shape index (κ2) is 6.78. The Balaban J connectivity index is 1.66. The molecule has 8 heteroatoms. The van der Waals surface area contributed by atoms with E-state index in [4.69, 9.17) is 0 Å². The Morgan fingerprint density at radius 3 is 3.08 bits per heavy atom. The molecule has 1 atom stereocenters. The number of aromatic amines is 1. The normalized spacial score (nSPS) is 17.7. The first-order chi connectivity index (χ1) is 12.7. The molecule has 1 aliphatic heterocycles. The summed E-state index contributed by atoms with van der Waals surface area (Å²) in [6, 6.07) is 4.85. The van der Waals surface area contributed by atoms with E-state index < -0.39 is 0 Å². The molecule has 1 saturated heterocycles. The summed E-state index contributed by atoms with van der Waals surface area (Å²) in [5.74, 6) is -0.0966. The van der Waals surface area contributed by atoms with Crippen molar-refractivity contribution in [3.63, 3.8) is 0 Å². The minimum atomic E-state index is -0.194. The lowest BCUT2D eigenvalue weighted by Gasteiger charge is -2.34. The van der Waals surface area contributed by atoms with Crippen LogP contribution in [0.4, 0.5) is 0 Å². The molecule has 0 saturated carbocycles. The molecule has 0 spiro atoms. The van der Waals surface area contributed by atoms with Gasteiger partial charge in [-0.15, -0.1) is 0 Å². The van der Waals surface area contributed by atoms with Crippen LogP contribution in [0.1, 0.15) is 54.8 Å². The number of aryl methyl sites for hydroxylation is 1. The Bertz CT molecular complexity index is 985. The van der Waals surface area contributed by atoms with Crippen molar-refractivity contribution in [1.29, 1.82) is 0 Å². The fourth-order valence-corrected chi connectivity index (χ4v) is 3.58. The molecule has 0 aliphatic carbocycles. The zero-order valence-electron chi connectivity index (χ0n) is 14.8. The summed E-state index contributed by atoms with van der Waals surface area (Å²) < 4.78 is 3.19. The zero-order valence-corrected chi connectivity index (χ0v) is 14.8. The Hall–Kier alpha value is -2.90. The number of carbonyl (C=O) groups is 1. The number of rotatable bonds is 4. The minimum absolute atomic E-state index is 0.0966. The third-order valence-electron chi connectivity index (χ3n) is 4.82. The first-order valence-corrected chi connectivity index (χ1v) is 9.09. The van der Waals surface area contributed by atoms with Gasteiger partial charge in [0, 0.05) is 37.6 Å². The maximum atomic E-state index is 13.0. The third-order valence-corrected chi connectivity index (χ3v) is 4.82. The van der Waals surface area contributed by atoms with E-state index in [1.165, 1.54) is 10.6 Å². The maximum absolute atomic E-state index is 13.0. The summed E-state index contributed by atoms with van der Waals surface area (Å²) in [5.41, 5.74) is 1.50. The molecule has 0 radical (unpaired) electrons. The third kappa shape index (κ3) is 2.91. The molecule has 4 rings (SSSR count). The number of fused-ring (bicyclic) bond motifs is 1. The van der Waals surface area contributed by atoms with Gasteiger partial charge in [0.25, 0.3) is 11.5 Å². The summed E-state index contributed by atoms with van der Waals surface area (Å²) in [7, 11) is 0. The van der Waals surface area contributed by atoms with Crippen molar-refractivity contribution in [2.45, 2.75) is 45.2 Å². The summed E-state index contributed by atoms with van der Waals surface area (Å²) in [6.07, 6.45) is 7.24. The molecule has 1 N–H and O–H groups in total. The van der Waals surface area contributed by atoms with Crippen molar-refractivity contribution in [2.75, 3.05) is 6.54 Å². The summed E-state index contributed by atoms with van der Waals surface area (Å²) in [4.78, 5) is 31.7. The number of nitrogens with one attached hydrogen (secondary N) is 1. The highest BCUT2D eigenvalue weighted by atomic mass is 16.2. The standard InChI is InChI=1S/C18H22N6O2/c1-2-9-22-11-7-13(21-22)18(26)23-10-4-3-5-15(23)14-12-17(25)24-16(20-14)6-8-19-24/h6-8,11-12,15,19H,2-5,9-10H2,1H3/t15-/m1/s1. The average molecular weight is 354 g/mol. The minimum Gasteiger partial charge on any atom is -0.329 e. The van der Waals surface area contributed by atoms with Gasteiger partial charge in [0.1, 0.15) is 5.69 Å². The van der Waals surface area contributed by atoms with Crippen molar-refractivity contribution in [3.8, 4) is 0 Å². The van der Waals surface area contributed by atoms with Crippen LogP contribution in [0.15, 0.2) is 35.4 Å². The number of hydrogen-bond donors (Lipinski definition) is 1. The maximum Gasteiger partial charge on any atom is 0.274 e.